The van der Waals surface area contributed by atoms with E-state index in [0.29, 0.717) is 29.1 Å². The first-order chi connectivity index (χ1) is 12.9. The summed E-state index contributed by atoms with van der Waals surface area (Å²) in [6, 6.07) is 4.42. The van der Waals surface area contributed by atoms with Crippen LogP contribution in [0.2, 0.25) is 0 Å². The van der Waals surface area contributed by atoms with E-state index in [0.717, 1.165) is 5.56 Å². The Labute approximate surface area is 155 Å². The van der Waals surface area contributed by atoms with Gasteiger partial charge < -0.3 is 18.8 Å². The molecule has 1 N–H and O–H groups in total. The van der Waals surface area contributed by atoms with Gasteiger partial charge in [-0.15, -0.1) is 8.78 Å². The summed E-state index contributed by atoms with van der Waals surface area (Å²) in [4.78, 5) is 11.4. The molecule has 1 atom stereocenters. The van der Waals surface area contributed by atoms with Gasteiger partial charge in [0.25, 0.3) is 0 Å². The van der Waals surface area contributed by atoms with Crippen LogP contribution in [-0.2, 0) is 16.9 Å². The average Bonchev–Trinajstić information content (AvgIpc) is 3.14. The van der Waals surface area contributed by atoms with Crippen LogP contribution in [0.3, 0.4) is 0 Å². The number of rotatable bonds is 5. The fourth-order valence-electron chi connectivity index (χ4n) is 2.75. The van der Waals surface area contributed by atoms with Gasteiger partial charge in [0.05, 0.1) is 23.3 Å². The number of benzene rings is 1. The number of pyridine rings is 1. The van der Waals surface area contributed by atoms with Gasteiger partial charge in [0.2, 0.25) is 0 Å². The number of nitrogens with one attached hydrogen (secondary N) is 1. The first kappa shape index (κ1) is 17.8. The Morgan fingerprint density at radius 1 is 1.30 bits per heavy atom. The zero-order valence-electron chi connectivity index (χ0n) is 14.4. The summed E-state index contributed by atoms with van der Waals surface area (Å²) < 4.78 is 53.3. The molecule has 1 aliphatic rings. The molecule has 1 aromatic carbocycles. The molecule has 0 aliphatic carbocycles. The van der Waals surface area contributed by atoms with E-state index in [1.807, 2.05) is 13.8 Å². The van der Waals surface area contributed by atoms with Crippen LogP contribution in [0.25, 0.3) is 11.0 Å². The van der Waals surface area contributed by atoms with Crippen molar-refractivity contribution < 1.29 is 27.5 Å². The number of imidazole rings is 1. The highest BCUT2D eigenvalue weighted by molar-refractivity contribution is 7.90. The molecule has 0 fully saturated rings. The lowest BCUT2D eigenvalue weighted by atomic mass is 10.2. The number of alkyl halides is 2. The summed E-state index contributed by atoms with van der Waals surface area (Å²) in [5.41, 5.74) is 2.22. The third-order valence-electron chi connectivity index (χ3n) is 4.03. The van der Waals surface area contributed by atoms with Crippen molar-refractivity contribution in [2.75, 3.05) is 6.61 Å². The van der Waals surface area contributed by atoms with E-state index in [1.165, 1.54) is 12.1 Å². The minimum absolute atomic E-state index is 0.101. The summed E-state index contributed by atoms with van der Waals surface area (Å²) in [5, 5.41) is 0.212. The van der Waals surface area contributed by atoms with Crippen LogP contribution in [0, 0.1) is 6.92 Å². The molecule has 27 heavy (non-hydrogen) atoms. The molecule has 0 radical (unpaired) electrons. The standard InChI is InChI=1S/C17H15F2N3O4S/c1-3-24-13-4-5-20-12(9(13)2)8-27(23)16-21-10-6-14-15(7-11(10)22-16)26-17(18,19)25-14/h4-7H,3,8H2,1-2H3,(H,21,22). The van der Waals surface area contributed by atoms with Crippen molar-refractivity contribution in [3.63, 3.8) is 0 Å². The normalized spacial score (nSPS) is 15.9. The fraction of sp³-hybridized carbons (Fsp3) is 0.294. The Bertz CT molecular complexity index is 966. The van der Waals surface area contributed by atoms with Gasteiger partial charge in [0.15, 0.2) is 17.3 Å². The second-order valence-corrected chi connectivity index (χ2v) is 7.20. The van der Waals surface area contributed by atoms with Crippen molar-refractivity contribution in [3.8, 4) is 17.2 Å². The molecular formula is C17H15F2N3O4S. The van der Waals surface area contributed by atoms with Crippen LogP contribution in [0.15, 0.2) is 29.6 Å². The largest absolute Gasteiger partial charge is 0.609 e. The average molecular weight is 395 g/mol. The molecule has 3 heterocycles. The molecule has 2 aromatic heterocycles. The number of halogens is 2. The van der Waals surface area contributed by atoms with Crippen molar-refractivity contribution in [1.29, 1.82) is 0 Å². The Balaban J connectivity index is 1.59. The minimum atomic E-state index is -3.69. The highest BCUT2D eigenvalue weighted by atomic mass is 32.2. The van der Waals surface area contributed by atoms with Gasteiger partial charge >= 0.3 is 11.5 Å². The van der Waals surface area contributed by atoms with Crippen molar-refractivity contribution in [1.82, 2.24) is 15.0 Å². The van der Waals surface area contributed by atoms with Gasteiger partial charge in [0.1, 0.15) is 5.75 Å². The summed E-state index contributed by atoms with van der Waals surface area (Å²) in [5.74, 6) is 0.613. The predicted molar refractivity (Wildman–Crippen MR) is 92.6 cm³/mol. The Hall–Kier alpha value is -2.59. The zero-order chi connectivity index (χ0) is 19.2. The van der Waals surface area contributed by atoms with Crippen molar-refractivity contribution in [2.45, 2.75) is 31.1 Å². The molecule has 0 saturated heterocycles. The van der Waals surface area contributed by atoms with Gasteiger partial charge in [-0.05, 0) is 19.9 Å². The van der Waals surface area contributed by atoms with Gasteiger partial charge in [0, 0.05) is 35.1 Å². The van der Waals surface area contributed by atoms with Crippen molar-refractivity contribution in [3.05, 3.63) is 35.7 Å². The van der Waals surface area contributed by atoms with E-state index < -0.39 is 17.5 Å². The second kappa shape index (κ2) is 6.54. The number of aromatic nitrogens is 3. The molecule has 7 nitrogen and oxygen atoms in total. The maximum absolute atomic E-state index is 13.1. The number of hydrogen-bond donors (Lipinski definition) is 1. The topological polar surface area (TPSA) is 92.3 Å². The smallest absolute Gasteiger partial charge is 0.586 e. The molecule has 1 unspecified atom stereocenters. The highest BCUT2D eigenvalue weighted by Gasteiger charge is 2.43. The van der Waals surface area contributed by atoms with Crippen LogP contribution in [0.4, 0.5) is 8.78 Å². The van der Waals surface area contributed by atoms with Gasteiger partial charge in [-0.3, -0.25) is 9.97 Å². The molecule has 10 heteroatoms. The number of nitrogens with zero attached hydrogens (tertiary/aromatic N) is 2. The number of ether oxygens (including phenoxy) is 3. The maximum atomic E-state index is 13.1. The van der Waals surface area contributed by atoms with Crippen molar-refractivity contribution >= 4 is 22.2 Å². The van der Waals surface area contributed by atoms with Crippen LogP contribution in [0.1, 0.15) is 18.2 Å². The van der Waals surface area contributed by atoms with Crippen LogP contribution in [-0.4, -0.2) is 32.4 Å². The Morgan fingerprint density at radius 2 is 2.04 bits per heavy atom. The van der Waals surface area contributed by atoms with Gasteiger partial charge in [-0.2, -0.15) is 4.98 Å². The first-order valence-corrected chi connectivity index (χ1v) is 9.43. The summed E-state index contributed by atoms with van der Waals surface area (Å²) >= 11 is -1.52. The molecule has 142 valence electrons. The summed E-state index contributed by atoms with van der Waals surface area (Å²) in [6.45, 7) is 4.25. The molecule has 3 aromatic rings. The molecule has 0 bridgehead atoms. The van der Waals surface area contributed by atoms with Crippen LogP contribution in [0.5, 0.6) is 17.2 Å². The number of H-pyrrole nitrogens is 1. The van der Waals surface area contributed by atoms with Crippen molar-refractivity contribution in [2.24, 2.45) is 0 Å². The molecule has 0 saturated carbocycles. The fourth-order valence-corrected chi connectivity index (χ4v) is 3.85. The van der Waals surface area contributed by atoms with E-state index in [9.17, 15) is 13.3 Å². The lowest BCUT2D eigenvalue weighted by Gasteiger charge is -2.11. The number of hydrogen-bond acceptors (Lipinski definition) is 6. The van der Waals surface area contributed by atoms with Crippen LogP contribution >= 0.6 is 0 Å². The van der Waals surface area contributed by atoms with E-state index in [4.69, 9.17) is 4.74 Å². The summed E-state index contributed by atoms with van der Waals surface area (Å²) in [6.07, 6.45) is -2.09. The molecular weight excluding hydrogens is 380 g/mol. The number of fused-ring (bicyclic) bond motifs is 2. The lowest BCUT2D eigenvalue weighted by Crippen LogP contribution is -2.25. The zero-order valence-corrected chi connectivity index (χ0v) is 15.2. The maximum Gasteiger partial charge on any atom is 0.586 e. The third kappa shape index (κ3) is 3.37. The minimum Gasteiger partial charge on any atom is -0.609 e. The third-order valence-corrected chi connectivity index (χ3v) is 5.19. The SMILES string of the molecule is CCOc1ccnc(C[S+]([O-])c2nc3cc4c(cc3[nH]2)OC(F)(F)O4)c1C. The van der Waals surface area contributed by atoms with E-state index in [-0.39, 0.29) is 22.4 Å². The molecule has 0 spiro atoms. The first-order valence-electron chi connectivity index (χ1n) is 8.11. The number of aromatic amines is 1. The highest BCUT2D eigenvalue weighted by Crippen LogP contribution is 2.42. The summed E-state index contributed by atoms with van der Waals surface area (Å²) in [7, 11) is 0. The quantitative estimate of drug-likeness (QED) is 0.667. The Kier molecular flexibility index (Phi) is 4.31. The second-order valence-electron chi connectivity index (χ2n) is 5.83. The predicted octanol–water partition coefficient (Wildman–Crippen LogP) is 3.29. The lowest BCUT2D eigenvalue weighted by molar-refractivity contribution is -0.286. The molecule has 1 aliphatic heterocycles. The van der Waals surface area contributed by atoms with Gasteiger partial charge in [-0.1, -0.05) is 0 Å². The molecule has 0 amide bonds. The van der Waals surface area contributed by atoms with Gasteiger partial charge in [-0.25, -0.2) is 0 Å². The molecule has 4 rings (SSSR count). The van der Waals surface area contributed by atoms with E-state index in [1.54, 1.807) is 12.3 Å². The monoisotopic (exact) mass is 395 g/mol. The van der Waals surface area contributed by atoms with E-state index in [2.05, 4.69) is 24.4 Å². The Morgan fingerprint density at radius 3 is 2.78 bits per heavy atom. The van der Waals surface area contributed by atoms with E-state index >= 15 is 0 Å². The van der Waals surface area contributed by atoms with Crippen LogP contribution < -0.4 is 14.2 Å².